The fraction of sp³-hybridized carbons (Fsp3) is 0.214. The van der Waals surface area contributed by atoms with Crippen molar-refractivity contribution < 1.29 is 9.72 Å². The standard InChI is InChI=1S/C14H13NO3/c16-8-7-14(10-15(17)18)13-6-5-11-3-1-2-4-12(11)9-13/h1-6,8-9,14H,7,10H2. The summed E-state index contributed by atoms with van der Waals surface area (Å²) in [5, 5.41) is 12.7. The molecule has 0 radical (unpaired) electrons. The van der Waals surface area contributed by atoms with Gasteiger partial charge in [-0.3, -0.25) is 10.1 Å². The van der Waals surface area contributed by atoms with Crippen LogP contribution in [0.1, 0.15) is 17.9 Å². The van der Waals surface area contributed by atoms with Gasteiger partial charge in [0.05, 0.1) is 5.92 Å². The molecule has 2 rings (SSSR count). The lowest BCUT2D eigenvalue weighted by Gasteiger charge is -2.11. The van der Waals surface area contributed by atoms with E-state index in [9.17, 15) is 14.9 Å². The van der Waals surface area contributed by atoms with Crippen molar-refractivity contribution >= 4 is 17.1 Å². The lowest BCUT2D eigenvalue weighted by Crippen LogP contribution is -2.13. The van der Waals surface area contributed by atoms with Gasteiger partial charge in [0.2, 0.25) is 6.54 Å². The summed E-state index contributed by atoms with van der Waals surface area (Å²) in [6.07, 6.45) is 0.919. The van der Waals surface area contributed by atoms with Gasteiger partial charge in [0.25, 0.3) is 0 Å². The Labute approximate surface area is 104 Å². The van der Waals surface area contributed by atoms with Crippen LogP contribution in [0.15, 0.2) is 42.5 Å². The highest BCUT2D eigenvalue weighted by molar-refractivity contribution is 5.83. The monoisotopic (exact) mass is 243 g/mol. The molecule has 0 heterocycles. The Morgan fingerprint density at radius 1 is 1.17 bits per heavy atom. The quantitative estimate of drug-likeness (QED) is 0.461. The molecule has 0 fully saturated rings. The van der Waals surface area contributed by atoms with Gasteiger partial charge in [-0.1, -0.05) is 42.5 Å². The number of aldehydes is 1. The second-order valence-corrected chi connectivity index (χ2v) is 4.22. The van der Waals surface area contributed by atoms with Gasteiger partial charge in [0, 0.05) is 11.3 Å². The first-order valence-electron chi connectivity index (χ1n) is 5.75. The van der Waals surface area contributed by atoms with Crippen LogP contribution in [0, 0.1) is 10.1 Å². The Kier molecular flexibility index (Phi) is 3.67. The number of nitro groups is 1. The number of benzene rings is 2. The summed E-state index contributed by atoms with van der Waals surface area (Å²) < 4.78 is 0. The normalized spacial score (nSPS) is 12.2. The van der Waals surface area contributed by atoms with E-state index in [0.717, 1.165) is 22.6 Å². The molecule has 92 valence electrons. The molecule has 0 amide bonds. The molecular weight excluding hydrogens is 230 g/mol. The van der Waals surface area contributed by atoms with E-state index in [-0.39, 0.29) is 23.8 Å². The van der Waals surface area contributed by atoms with E-state index in [1.165, 1.54) is 0 Å². The Morgan fingerprint density at radius 3 is 2.56 bits per heavy atom. The molecule has 0 bridgehead atoms. The van der Waals surface area contributed by atoms with Crippen LogP contribution in [0.3, 0.4) is 0 Å². The summed E-state index contributed by atoms with van der Waals surface area (Å²) in [5.74, 6) is -0.345. The molecular formula is C14H13NO3. The molecule has 4 nitrogen and oxygen atoms in total. The van der Waals surface area contributed by atoms with E-state index in [1.807, 2.05) is 42.5 Å². The van der Waals surface area contributed by atoms with Gasteiger partial charge in [-0.25, -0.2) is 0 Å². The molecule has 2 aromatic rings. The summed E-state index contributed by atoms with van der Waals surface area (Å²) in [6, 6.07) is 13.5. The summed E-state index contributed by atoms with van der Waals surface area (Å²) >= 11 is 0. The Bertz CT molecular complexity index is 580. The molecule has 2 aromatic carbocycles. The van der Waals surface area contributed by atoms with Crippen molar-refractivity contribution in [1.29, 1.82) is 0 Å². The van der Waals surface area contributed by atoms with Gasteiger partial charge in [0.1, 0.15) is 6.29 Å². The van der Waals surface area contributed by atoms with Gasteiger partial charge in [-0.15, -0.1) is 0 Å². The molecule has 1 atom stereocenters. The zero-order chi connectivity index (χ0) is 13.0. The van der Waals surface area contributed by atoms with Crippen molar-refractivity contribution in [2.24, 2.45) is 0 Å². The SMILES string of the molecule is O=CCC(C[N+](=O)[O-])c1ccc2ccccc2c1. The topological polar surface area (TPSA) is 60.2 Å². The highest BCUT2D eigenvalue weighted by Crippen LogP contribution is 2.23. The van der Waals surface area contributed by atoms with Crippen molar-refractivity contribution in [2.45, 2.75) is 12.3 Å². The third-order valence-corrected chi connectivity index (χ3v) is 3.00. The second kappa shape index (κ2) is 5.40. The lowest BCUT2D eigenvalue weighted by molar-refractivity contribution is -0.483. The number of rotatable bonds is 5. The van der Waals surface area contributed by atoms with Gasteiger partial charge in [0.15, 0.2) is 0 Å². The van der Waals surface area contributed by atoms with E-state index in [2.05, 4.69) is 0 Å². The second-order valence-electron chi connectivity index (χ2n) is 4.22. The molecule has 1 unspecified atom stereocenters. The van der Waals surface area contributed by atoms with Gasteiger partial charge in [-0.05, 0) is 16.3 Å². The molecule has 0 saturated heterocycles. The molecule has 0 aliphatic rings. The van der Waals surface area contributed by atoms with Crippen LogP contribution in [-0.4, -0.2) is 17.8 Å². The van der Waals surface area contributed by atoms with Crippen molar-refractivity contribution in [3.63, 3.8) is 0 Å². The van der Waals surface area contributed by atoms with Crippen LogP contribution in [0.5, 0.6) is 0 Å². The maximum Gasteiger partial charge on any atom is 0.211 e. The van der Waals surface area contributed by atoms with Crippen molar-refractivity contribution in [3.8, 4) is 0 Å². The average Bonchev–Trinajstić information content (AvgIpc) is 2.37. The summed E-state index contributed by atoms with van der Waals surface area (Å²) in [4.78, 5) is 20.9. The number of nitrogens with zero attached hydrogens (tertiary/aromatic N) is 1. The predicted molar refractivity (Wildman–Crippen MR) is 69.2 cm³/mol. The van der Waals surface area contributed by atoms with Crippen LogP contribution in [0.2, 0.25) is 0 Å². The molecule has 0 aliphatic heterocycles. The van der Waals surface area contributed by atoms with Gasteiger partial charge < -0.3 is 4.79 Å². The highest BCUT2D eigenvalue weighted by atomic mass is 16.6. The van der Waals surface area contributed by atoms with Crippen LogP contribution >= 0.6 is 0 Å². The van der Waals surface area contributed by atoms with Gasteiger partial charge in [-0.2, -0.15) is 0 Å². The highest BCUT2D eigenvalue weighted by Gasteiger charge is 2.17. The average molecular weight is 243 g/mol. The molecule has 0 N–H and O–H groups in total. The Balaban J connectivity index is 2.37. The first kappa shape index (κ1) is 12.2. The van der Waals surface area contributed by atoms with Crippen molar-refractivity contribution in [2.75, 3.05) is 6.54 Å². The van der Waals surface area contributed by atoms with Crippen LogP contribution in [0.25, 0.3) is 10.8 Å². The molecule has 0 spiro atoms. The molecule has 0 aromatic heterocycles. The van der Waals surface area contributed by atoms with Crippen LogP contribution in [0.4, 0.5) is 0 Å². The van der Waals surface area contributed by atoms with Gasteiger partial charge >= 0.3 is 0 Å². The van der Waals surface area contributed by atoms with E-state index in [1.54, 1.807) is 0 Å². The summed E-state index contributed by atoms with van der Waals surface area (Å²) in [7, 11) is 0. The molecule has 0 saturated carbocycles. The number of hydrogen-bond acceptors (Lipinski definition) is 3. The smallest absolute Gasteiger partial charge is 0.211 e. The Morgan fingerprint density at radius 2 is 1.89 bits per heavy atom. The van der Waals surface area contributed by atoms with E-state index >= 15 is 0 Å². The molecule has 18 heavy (non-hydrogen) atoms. The number of hydrogen-bond donors (Lipinski definition) is 0. The summed E-state index contributed by atoms with van der Waals surface area (Å²) in [5.41, 5.74) is 0.845. The van der Waals surface area contributed by atoms with E-state index < -0.39 is 0 Å². The predicted octanol–water partition coefficient (Wildman–Crippen LogP) is 2.79. The first-order valence-corrected chi connectivity index (χ1v) is 5.75. The van der Waals surface area contributed by atoms with Crippen LogP contribution in [-0.2, 0) is 4.79 Å². The third-order valence-electron chi connectivity index (χ3n) is 3.00. The minimum atomic E-state index is -0.372. The van der Waals surface area contributed by atoms with E-state index in [0.29, 0.717) is 0 Å². The first-order chi connectivity index (χ1) is 8.70. The maximum atomic E-state index is 10.6. The zero-order valence-electron chi connectivity index (χ0n) is 9.78. The minimum Gasteiger partial charge on any atom is -0.303 e. The fourth-order valence-electron chi connectivity index (χ4n) is 2.07. The lowest BCUT2D eigenvalue weighted by atomic mass is 9.94. The maximum absolute atomic E-state index is 10.6. The molecule has 4 heteroatoms. The number of carbonyl (C=O) groups is 1. The molecule has 0 aliphatic carbocycles. The van der Waals surface area contributed by atoms with Crippen LogP contribution < -0.4 is 0 Å². The zero-order valence-corrected chi connectivity index (χ0v) is 9.78. The van der Waals surface area contributed by atoms with E-state index in [4.69, 9.17) is 0 Å². The van der Waals surface area contributed by atoms with Crippen molar-refractivity contribution in [1.82, 2.24) is 0 Å². The number of fused-ring (bicyclic) bond motifs is 1. The largest absolute Gasteiger partial charge is 0.303 e. The fourth-order valence-corrected chi connectivity index (χ4v) is 2.07. The minimum absolute atomic E-state index is 0.180. The third kappa shape index (κ3) is 2.71. The Hall–Kier alpha value is -2.23. The summed E-state index contributed by atoms with van der Waals surface area (Å²) in [6.45, 7) is -0.211. The van der Waals surface area contributed by atoms with Crippen molar-refractivity contribution in [3.05, 3.63) is 58.1 Å². The number of carbonyl (C=O) groups excluding carboxylic acids is 1.